The molecule has 0 unspecified atom stereocenters. The second-order valence-electron chi connectivity index (χ2n) is 5.44. The molecule has 7 nitrogen and oxygen atoms in total. The summed E-state index contributed by atoms with van der Waals surface area (Å²) < 4.78 is 49.4. The standard InChI is InChI=1S/C14H21N3O4S2/c1-22(18,19)16-8-10-17(23(2,20)21)9-7-12-11-15-14-6-4-3-5-13(12)14/h3-6,11,15-16H,7-10H2,1-2H3. The van der Waals surface area contributed by atoms with Crippen molar-refractivity contribution in [3.8, 4) is 0 Å². The van der Waals surface area contributed by atoms with Crippen molar-refractivity contribution in [2.45, 2.75) is 6.42 Å². The molecular weight excluding hydrogens is 338 g/mol. The number of nitrogens with one attached hydrogen (secondary N) is 2. The first-order valence-corrected chi connectivity index (χ1v) is 10.9. The maximum Gasteiger partial charge on any atom is 0.211 e. The largest absolute Gasteiger partial charge is 0.361 e. The Morgan fingerprint density at radius 3 is 2.43 bits per heavy atom. The van der Waals surface area contributed by atoms with Crippen LogP contribution in [0.3, 0.4) is 0 Å². The van der Waals surface area contributed by atoms with Crippen LogP contribution in [0.1, 0.15) is 5.56 Å². The van der Waals surface area contributed by atoms with Crippen molar-refractivity contribution in [1.82, 2.24) is 14.0 Å². The van der Waals surface area contributed by atoms with Gasteiger partial charge in [0.25, 0.3) is 0 Å². The normalized spacial score (nSPS) is 13.0. The Kier molecular flexibility index (Phi) is 5.45. The van der Waals surface area contributed by atoms with Crippen molar-refractivity contribution in [3.63, 3.8) is 0 Å². The summed E-state index contributed by atoms with van der Waals surface area (Å²) in [6, 6.07) is 7.81. The number of aromatic amines is 1. The maximum atomic E-state index is 11.9. The average Bonchev–Trinajstić information content (AvgIpc) is 2.83. The lowest BCUT2D eigenvalue weighted by molar-refractivity contribution is 0.420. The van der Waals surface area contributed by atoms with E-state index in [2.05, 4.69) is 9.71 Å². The van der Waals surface area contributed by atoms with Crippen LogP contribution in [0.2, 0.25) is 0 Å². The van der Waals surface area contributed by atoms with E-state index in [0.717, 1.165) is 29.0 Å². The number of para-hydroxylation sites is 1. The van der Waals surface area contributed by atoms with E-state index in [9.17, 15) is 16.8 Å². The summed E-state index contributed by atoms with van der Waals surface area (Å²) in [5.41, 5.74) is 2.04. The molecule has 9 heteroatoms. The van der Waals surface area contributed by atoms with E-state index in [1.54, 1.807) is 0 Å². The summed E-state index contributed by atoms with van der Waals surface area (Å²) >= 11 is 0. The van der Waals surface area contributed by atoms with Gasteiger partial charge in [-0.05, 0) is 18.1 Å². The Bertz CT molecular complexity index is 872. The molecule has 0 aliphatic heterocycles. The Morgan fingerprint density at radius 1 is 1.09 bits per heavy atom. The van der Waals surface area contributed by atoms with Crippen LogP contribution < -0.4 is 4.72 Å². The lowest BCUT2D eigenvalue weighted by Crippen LogP contribution is -2.38. The number of fused-ring (bicyclic) bond motifs is 1. The molecule has 0 atom stereocenters. The van der Waals surface area contributed by atoms with Gasteiger partial charge in [-0.15, -0.1) is 0 Å². The molecule has 1 aromatic heterocycles. The van der Waals surface area contributed by atoms with Crippen LogP contribution in [0.15, 0.2) is 30.5 Å². The van der Waals surface area contributed by atoms with Crippen LogP contribution in [0.4, 0.5) is 0 Å². The van der Waals surface area contributed by atoms with Gasteiger partial charge in [0.1, 0.15) is 0 Å². The first-order chi connectivity index (χ1) is 10.7. The van der Waals surface area contributed by atoms with Gasteiger partial charge in [-0.1, -0.05) is 18.2 Å². The third-order valence-corrected chi connectivity index (χ3v) is 5.53. The highest BCUT2D eigenvalue weighted by atomic mass is 32.2. The number of aromatic nitrogens is 1. The van der Waals surface area contributed by atoms with E-state index in [-0.39, 0.29) is 13.1 Å². The number of benzene rings is 1. The van der Waals surface area contributed by atoms with Crippen LogP contribution in [0, 0.1) is 0 Å². The average molecular weight is 359 g/mol. The SMILES string of the molecule is CS(=O)(=O)NCCN(CCc1c[nH]c2ccccc12)S(C)(=O)=O. The van der Waals surface area contributed by atoms with E-state index in [0.29, 0.717) is 13.0 Å². The topological polar surface area (TPSA) is 99.3 Å². The van der Waals surface area contributed by atoms with Crippen LogP contribution in [0.25, 0.3) is 10.9 Å². The zero-order valence-electron chi connectivity index (χ0n) is 13.1. The van der Waals surface area contributed by atoms with Gasteiger partial charge >= 0.3 is 0 Å². The van der Waals surface area contributed by atoms with Crippen LogP contribution >= 0.6 is 0 Å². The zero-order chi connectivity index (χ0) is 17.1. The van der Waals surface area contributed by atoms with Gasteiger partial charge in [0, 0.05) is 36.7 Å². The van der Waals surface area contributed by atoms with Gasteiger partial charge in [-0.25, -0.2) is 25.9 Å². The second kappa shape index (κ2) is 7.00. The van der Waals surface area contributed by atoms with Crippen molar-refractivity contribution in [3.05, 3.63) is 36.0 Å². The summed E-state index contributed by atoms with van der Waals surface area (Å²) in [6.07, 6.45) is 4.60. The summed E-state index contributed by atoms with van der Waals surface area (Å²) in [7, 11) is -6.73. The van der Waals surface area contributed by atoms with Crippen molar-refractivity contribution >= 4 is 30.9 Å². The van der Waals surface area contributed by atoms with Gasteiger partial charge in [-0.3, -0.25) is 0 Å². The van der Waals surface area contributed by atoms with Crippen molar-refractivity contribution in [2.75, 3.05) is 32.1 Å². The summed E-state index contributed by atoms with van der Waals surface area (Å²) in [6.45, 7) is 0.459. The highest BCUT2D eigenvalue weighted by Gasteiger charge is 2.17. The van der Waals surface area contributed by atoms with Crippen molar-refractivity contribution in [2.24, 2.45) is 0 Å². The highest BCUT2D eigenvalue weighted by molar-refractivity contribution is 7.88. The molecule has 0 saturated heterocycles. The quantitative estimate of drug-likeness (QED) is 0.718. The molecule has 2 aromatic rings. The van der Waals surface area contributed by atoms with E-state index >= 15 is 0 Å². The molecule has 128 valence electrons. The fraction of sp³-hybridized carbons (Fsp3) is 0.429. The predicted octanol–water partition coefficient (Wildman–Crippen LogP) is 0.521. The molecule has 0 aliphatic carbocycles. The van der Waals surface area contributed by atoms with Crippen molar-refractivity contribution < 1.29 is 16.8 Å². The van der Waals surface area contributed by atoms with Gasteiger partial charge in [-0.2, -0.15) is 0 Å². The van der Waals surface area contributed by atoms with Gasteiger partial charge in [0.05, 0.1) is 12.5 Å². The number of hydrogen-bond donors (Lipinski definition) is 2. The Balaban J connectivity index is 2.04. The third-order valence-electron chi connectivity index (χ3n) is 3.50. The smallest absolute Gasteiger partial charge is 0.211 e. The lowest BCUT2D eigenvalue weighted by Gasteiger charge is -2.19. The molecule has 2 rings (SSSR count). The molecule has 1 heterocycles. The van der Waals surface area contributed by atoms with E-state index < -0.39 is 20.0 Å². The summed E-state index contributed by atoms with van der Waals surface area (Å²) in [5, 5.41) is 1.07. The lowest BCUT2D eigenvalue weighted by atomic mass is 10.1. The van der Waals surface area contributed by atoms with Gasteiger partial charge in [0.15, 0.2) is 0 Å². The molecule has 23 heavy (non-hydrogen) atoms. The Labute approximate surface area is 136 Å². The fourth-order valence-electron chi connectivity index (χ4n) is 2.38. The minimum Gasteiger partial charge on any atom is -0.361 e. The molecule has 0 saturated carbocycles. The monoisotopic (exact) mass is 359 g/mol. The number of nitrogens with zero attached hydrogens (tertiary/aromatic N) is 1. The van der Waals surface area contributed by atoms with Gasteiger partial charge in [0.2, 0.25) is 20.0 Å². The van der Waals surface area contributed by atoms with Gasteiger partial charge < -0.3 is 4.98 Å². The van der Waals surface area contributed by atoms with Crippen molar-refractivity contribution in [1.29, 1.82) is 0 Å². The minimum absolute atomic E-state index is 0.0553. The number of sulfonamides is 2. The molecular formula is C14H21N3O4S2. The van der Waals surface area contributed by atoms with E-state index in [1.807, 2.05) is 30.5 Å². The molecule has 0 radical (unpaired) electrons. The number of rotatable bonds is 8. The molecule has 0 amide bonds. The highest BCUT2D eigenvalue weighted by Crippen LogP contribution is 2.18. The summed E-state index contributed by atoms with van der Waals surface area (Å²) in [5.74, 6) is 0. The minimum atomic E-state index is -3.40. The molecule has 0 spiro atoms. The van der Waals surface area contributed by atoms with E-state index in [4.69, 9.17) is 0 Å². The number of hydrogen-bond acceptors (Lipinski definition) is 4. The predicted molar refractivity (Wildman–Crippen MR) is 91.3 cm³/mol. The fourth-order valence-corrected chi connectivity index (χ4v) is 3.69. The molecule has 0 fully saturated rings. The van der Waals surface area contributed by atoms with Crippen LogP contribution in [-0.4, -0.2) is 58.3 Å². The number of H-pyrrole nitrogens is 1. The van der Waals surface area contributed by atoms with E-state index in [1.165, 1.54) is 4.31 Å². The molecule has 0 aliphatic rings. The molecule has 1 aromatic carbocycles. The van der Waals surface area contributed by atoms with Crippen LogP contribution in [0.5, 0.6) is 0 Å². The first kappa shape index (κ1) is 17.9. The molecule has 0 bridgehead atoms. The van der Waals surface area contributed by atoms with Crippen LogP contribution in [-0.2, 0) is 26.5 Å². The Hall–Kier alpha value is -1.42. The Morgan fingerprint density at radius 2 is 1.78 bits per heavy atom. The third kappa shape index (κ3) is 5.31. The first-order valence-electron chi connectivity index (χ1n) is 7.11. The molecule has 2 N–H and O–H groups in total. The maximum absolute atomic E-state index is 11.9. The second-order valence-corrected chi connectivity index (χ2v) is 9.25. The summed E-state index contributed by atoms with van der Waals surface area (Å²) in [4.78, 5) is 3.15. The zero-order valence-corrected chi connectivity index (χ0v) is 14.7.